The van der Waals surface area contributed by atoms with Gasteiger partial charge in [-0.15, -0.1) is 0 Å². The number of anilines is 1. The molecule has 0 aliphatic carbocycles. The third kappa shape index (κ3) is 2.40. The highest BCUT2D eigenvalue weighted by Gasteiger charge is 2.27. The van der Waals surface area contributed by atoms with E-state index in [9.17, 15) is 4.79 Å². The fourth-order valence-corrected chi connectivity index (χ4v) is 2.26. The second kappa shape index (κ2) is 5.25. The van der Waals surface area contributed by atoms with Crippen LogP contribution in [0.5, 0.6) is 0 Å². The van der Waals surface area contributed by atoms with Crippen molar-refractivity contribution >= 4 is 23.2 Å². The van der Waals surface area contributed by atoms with Gasteiger partial charge in [-0.3, -0.25) is 4.79 Å². The average molecular weight is 265 g/mol. The van der Waals surface area contributed by atoms with Crippen LogP contribution < -0.4 is 16.0 Å². The van der Waals surface area contributed by atoms with Crippen LogP contribution in [0, 0.1) is 11.3 Å². The SMILES string of the molecule is N#Cc1ccc(N2CCNCC2C(N)=O)cc1Cl. The third-order valence-electron chi connectivity index (χ3n) is 2.98. The lowest BCUT2D eigenvalue weighted by Crippen LogP contribution is -2.57. The maximum Gasteiger partial charge on any atom is 0.241 e. The zero-order valence-corrected chi connectivity index (χ0v) is 10.4. The Hall–Kier alpha value is -1.77. The topological polar surface area (TPSA) is 82.2 Å². The quantitative estimate of drug-likeness (QED) is 0.814. The minimum absolute atomic E-state index is 0.373. The summed E-state index contributed by atoms with van der Waals surface area (Å²) >= 11 is 6.00. The van der Waals surface area contributed by atoms with Gasteiger partial charge in [-0.05, 0) is 18.2 Å². The molecule has 0 radical (unpaired) electrons. The molecule has 0 bridgehead atoms. The minimum atomic E-state index is -0.386. The van der Waals surface area contributed by atoms with Crippen molar-refractivity contribution in [3.8, 4) is 6.07 Å². The Morgan fingerprint density at radius 3 is 3.00 bits per heavy atom. The Balaban J connectivity index is 2.32. The number of amides is 1. The lowest BCUT2D eigenvalue weighted by atomic mass is 10.1. The predicted octanol–water partition coefficient (Wildman–Crippen LogP) is 0.475. The van der Waals surface area contributed by atoms with Crippen molar-refractivity contribution in [2.75, 3.05) is 24.5 Å². The Morgan fingerprint density at radius 2 is 2.39 bits per heavy atom. The molecule has 1 aromatic rings. The summed E-state index contributed by atoms with van der Waals surface area (Å²) in [7, 11) is 0. The molecule has 0 spiro atoms. The van der Waals surface area contributed by atoms with Gasteiger partial charge in [0.1, 0.15) is 12.1 Å². The minimum Gasteiger partial charge on any atom is -0.368 e. The Bertz CT molecular complexity index is 511. The van der Waals surface area contributed by atoms with E-state index in [2.05, 4.69) is 5.32 Å². The number of primary amides is 1. The molecule has 1 unspecified atom stereocenters. The number of piperazine rings is 1. The van der Waals surface area contributed by atoms with Gasteiger partial charge < -0.3 is 16.0 Å². The summed E-state index contributed by atoms with van der Waals surface area (Å²) in [5.74, 6) is -0.373. The normalized spacial score (nSPS) is 19.3. The van der Waals surface area contributed by atoms with Gasteiger partial charge in [-0.25, -0.2) is 0 Å². The smallest absolute Gasteiger partial charge is 0.241 e. The van der Waals surface area contributed by atoms with E-state index in [1.807, 2.05) is 11.0 Å². The summed E-state index contributed by atoms with van der Waals surface area (Å²) in [6, 6.07) is 6.75. The average Bonchev–Trinajstić information content (AvgIpc) is 2.38. The van der Waals surface area contributed by atoms with Crippen LogP contribution in [0.2, 0.25) is 5.02 Å². The van der Waals surface area contributed by atoms with Gasteiger partial charge in [0.25, 0.3) is 0 Å². The van der Waals surface area contributed by atoms with Crippen LogP contribution in [0.4, 0.5) is 5.69 Å². The first-order valence-electron chi connectivity index (χ1n) is 5.60. The van der Waals surface area contributed by atoms with Crippen molar-refractivity contribution < 1.29 is 4.79 Å². The summed E-state index contributed by atoms with van der Waals surface area (Å²) in [6.45, 7) is 1.98. The Morgan fingerprint density at radius 1 is 1.61 bits per heavy atom. The zero-order valence-electron chi connectivity index (χ0n) is 9.69. The van der Waals surface area contributed by atoms with Gasteiger partial charge in [0.15, 0.2) is 0 Å². The molecule has 1 aromatic carbocycles. The van der Waals surface area contributed by atoms with E-state index in [0.717, 1.165) is 12.2 Å². The van der Waals surface area contributed by atoms with E-state index in [1.165, 1.54) is 0 Å². The molecule has 5 nitrogen and oxygen atoms in total. The van der Waals surface area contributed by atoms with Gasteiger partial charge in [-0.1, -0.05) is 11.6 Å². The number of hydrogen-bond donors (Lipinski definition) is 2. The molecule has 18 heavy (non-hydrogen) atoms. The van der Waals surface area contributed by atoms with Gasteiger partial charge >= 0.3 is 0 Å². The number of nitrogens with two attached hydrogens (primary N) is 1. The van der Waals surface area contributed by atoms with E-state index < -0.39 is 0 Å². The van der Waals surface area contributed by atoms with E-state index in [4.69, 9.17) is 22.6 Å². The highest BCUT2D eigenvalue weighted by molar-refractivity contribution is 6.32. The lowest BCUT2D eigenvalue weighted by Gasteiger charge is -2.36. The molecule has 2 rings (SSSR count). The second-order valence-electron chi connectivity index (χ2n) is 4.09. The van der Waals surface area contributed by atoms with Crippen LogP contribution >= 0.6 is 11.6 Å². The maximum atomic E-state index is 11.4. The Kier molecular flexibility index (Phi) is 3.70. The molecular weight excluding hydrogens is 252 g/mol. The number of benzene rings is 1. The maximum absolute atomic E-state index is 11.4. The number of nitrogens with zero attached hydrogens (tertiary/aromatic N) is 2. The van der Waals surface area contributed by atoms with E-state index in [0.29, 0.717) is 23.7 Å². The van der Waals surface area contributed by atoms with Gasteiger partial charge in [0.2, 0.25) is 5.91 Å². The third-order valence-corrected chi connectivity index (χ3v) is 3.29. The van der Waals surface area contributed by atoms with Crippen molar-refractivity contribution in [1.29, 1.82) is 5.26 Å². The van der Waals surface area contributed by atoms with Gasteiger partial charge in [0, 0.05) is 25.3 Å². The molecular formula is C12H13ClN4O. The molecule has 1 heterocycles. The summed E-state index contributed by atoms with van der Waals surface area (Å²) in [5.41, 5.74) is 6.62. The van der Waals surface area contributed by atoms with Crippen molar-refractivity contribution in [1.82, 2.24) is 5.32 Å². The first kappa shape index (κ1) is 12.7. The number of hydrogen-bond acceptors (Lipinski definition) is 4. The molecule has 94 valence electrons. The van der Waals surface area contributed by atoms with Crippen molar-refractivity contribution in [3.63, 3.8) is 0 Å². The van der Waals surface area contributed by atoms with Gasteiger partial charge in [0.05, 0.1) is 10.6 Å². The van der Waals surface area contributed by atoms with Crippen LogP contribution in [0.1, 0.15) is 5.56 Å². The number of halogens is 1. The molecule has 6 heteroatoms. The lowest BCUT2D eigenvalue weighted by molar-refractivity contribution is -0.119. The number of carbonyl (C=O) groups excluding carboxylic acids is 1. The molecule has 1 fully saturated rings. The van der Waals surface area contributed by atoms with Crippen molar-refractivity contribution in [2.45, 2.75) is 6.04 Å². The Labute approximate surface area is 110 Å². The number of rotatable bonds is 2. The predicted molar refractivity (Wildman–Crippen MR) is 69.4 cm³/mol. The summed E-state index contributed by atoms with van der Waals surface area (Å²) < 4.78 is 0. The first-order valence-corrected chi connectivity index (χ1v) is 5.97. The largest absolute Gasteiger partial charge is 0.368 e. The number of nitrogens with one attached hydrogen (secondary N) is 1. The summed E-state index contributed by atoms with van der Waals surface area (Å²) in [6.07, 6.45) is 0. The van der Waals surface area contributed by atoms with Crippen molar-refractivity contribution in [2.24, 2.45) is 5.73 Å². The standard InChI is InChI=1S/C12H13ClN4O/c13-10-5-9(2-1-8(10)6-14)17-4-3-16-7-11(17)12(15)18/h1-2,5,11,16H,3-4,7H2,(H2,15,18). The number of nitriles is 1. The van der Waals surface area contributed by atoms with Crippen LogP contribution in [-0.2, 0) is 4.79 Å². The molecule has 1 amide bonds. The first-order chi connectivity index (χ1) is 8.63. The zero-order chi connectivity index (χ0) is 13.1. The van der Waals surface area contributed by atoms with E-state index >= 15 is 0 Å². The monoisotopic (exact) mass is 264 g/mol. The molecule has 0 saturated carbocycles. The molecule has 1 aliphatic rings. The van der Waals surface area contributed by atoms with Gasteiger partial charge in [-0.2, -0.15) is 5.26 Å². The summed E-state index contributed by atoms with van der Waals surface area (Å²) in [5, 5.41) is 12.3. The van der Waals surface area contributed by atoms with E-state index in [-0.39, 0.29) is 11.9 Å². The molecule has 1 aliphatic heterocycles. The highest BCUT2D eigenvalue weighted by Crippen LogP contribution is 2.25. The molecule has 0 aromatic heterocycles. The van der Waals surface area contributed by atoms with Crippen LogP contribution in [-0.4, -0.2) is 31.6 Å². The summed E-state index contributed by atoms with van der Waals surface area (Å²) in [4.78, 5) is 13.3. The van der Waals surface area contributed by atoms with E-state index in [1.54, 1.807) is 18.2 Å². The van der Waals surface area contributed by atoms with Crippen LogP contribution in [0.3, 0.4) is 0 Å². The van der Waals surface area contributed by atoms with Crippen LogP contribution in [0.25, 0.3) is 0 Å². The molecule has 1 saturated heterocycles. The number of carbonyl (C=O) groups is 1. The fraction of sp³-hybridized carbons (Fsp3) is 0.333. The highest BCUT2D eigenvalue weighted by atomic mass is 35.5. The second-order valence-corrected chi connectivity index (χ2v) is 4.50. The van der Waals surface area contributed by atoms with Crippen molar-refractivity contribution in [3.05, 3.63) is 28.8 Å². The molecule has 3 N–H and O–H groups in total. The molecule has 1 atom stereocenters. The fourth-order valence-electron chi connectivity index (χ4n) is 2.04. The van der Waals surface area contributed by atoms with Crippen LogP contribution in [0.15, 0.2) is 18.2 Å².